The second-order valence-corrected chi connectivity index (χ2v) is 7.51. The molecule has 0 aromatic heterocycles. The van der Waals surface area contributed by atoms with E-state index in [0.717, 1.165) is 0 Å². The van der Waals surface area contributed by atoms with E-state index in [2.05, 4.69) is 20.9 Å². The van der Waals surface area contributed by atoms with Crippen molar-refractivity contribution in [3.05, 3.63) is 0 Å². The molecule has 15 heteroatoms. The molecule has 3 unspecified atom stereocenters. The van der Waals surface area contributed by atoms with Gasteiger partial charge in [-0.05, 0) is 45.1 Å². The summed E-state index contributed by atoms with van der Waals surface area (Å²) in [6, 6.07) is -3.39. The van der Waals surface area contributed by atoms with E-state index >= 15 is 0 Å². The highest BCUT2D eigenvalue weighted by atomic mass is 16.4. The Hall–Kier alpha value is -3.46. The third kappa shape index (κ3) is 14.6. The van der Waals surface area contributed by atoms with Crippen LogP contribution in [0.15, 0.2) is 4.99 Å². The van der Waals surface area contributed by atoms with Crippen LogP contribution in [0.25, 0.3) is 0 Å². The first kappa shape index (κ1) is 30.5. The largest absolute Gasteiger partial charge is 0.481 e. The van der Waals surface area contributed by atoms with Gasteiger partial charge in [-0.15, -0.1) is 0 Å². The number of carboxylic acid groups (broad SMARTS) is 2. The summed E-state index contributed by atoms with van der Waals surface area (Å²) in [7, 11) is 0. The van der Waals surface area contributed by atoms with Gasteiger partial charge in [0.05, 0.1) is 12.6 Å². The number of carbonyl (C=O) groups excluding carboxylic acids is 3. The summed E-state index contributed by atoms with van der Waals surface area (Å²) in [6.45, 7) is 0.0497. The fourth-order valence-electron chi connectivity index (χ4n) is 2.75. The Morgan fingerprint density at radius 3 is 2.06 bits per heavy atom. The Kier molecular flexibility index (Phi) is 15.3. The number of aliphatic imine (C=N–C) groups is 1. The van der Waals surface area contributed by atoms with Crippen LogP contribution in [0.1, 0.15) is 44.9 Å². The lowest BCUT2D eigenvalue weighted by Crippen LogP contribution is -2.53. The summed E-state index contributed by atoms with van der Waals surface area (Å²) in [5, 5.41) is 25.0. The highest BCUT2D eigenvalue weighted by Gasteiger charge is 2.25. The minimum atomic E-state index is -1.21. The number of carboxylic acids is 2. The Morgan fingerprint density at radius 2 is 1.50 bits per heavy atom. The van der Waals surface area contributed by atoms with Crippen LogP contribution >= 0.6 is 0 Å². The van der Waals surface area contributed by atoms with Crippen LogP contribution in [-0.4, -0.2) is 83.6 Å². The van der Waals surface area contributed by atoms with Crippen molar-refractivity contribution in [1.82, 2.24) is 16.0 Å². The number of amides is 3. The molecule has 3 atom stereocenters. The van der Waals surface area contributed by atoms with Crippen molar-refractivity contribution in [1.29, 1.82) is 0 Å². The summed E-state index contributed by atoms with van der Waals surface area (Å²) in [5.74, 6) is -4.65. The Bertz CT molecular complexity index is 727. The van der Waals surface area contributed by atoms with Crippen molar-refractivity contribution in [3.8, 4) is 0 Å². The third-order valence-electron chi connectivity index (χ3n) is 4.59. The monoisotopic (exact) mass is 488 g/mol. The zero-order chi connectivity index (χ0) is 26.1. The number of rotatable bonds is 18. The number of hydrogen-bond donors (Lipinski definition) is 9. The molecule has 0 aliphatic heterocycles. The molecule has 0 aromatic rings. The zero-order valence-electron chi connectivity index (χ0n) is 19.0. The maximum Gasteiger partial charge on any atom is 0.326 e. The van der Waals surface area contributed by atoms with E-state index in [9.17, 15) is 29.1 Å². The van der Waals surface area contributed by atoms with Crippen LogP contribution in [0.3, 0.4) is 0 Å². The van der Waals surface area contributed by atoms with Crippen LogP contribution in [0.2, 0.25) is 0 Å². The molecule has 0 saturated carbocycles. The van der Waals surface area contributed by atoms with Gasteiger partial charge < -0.3 is 49.1 Å². The van der Waals surface area contributed by atoms with E-state index in [1.807, 2.05) is 0 Å². The molecule has 0 aromatic carbocycles. The first-order chi connectivity index (χ1) is 16.0. The van der Waals surface area contributed by atoms with Crippen molar-refractivity contribution in [2.24, 2.45) is 27.9 Å². The van der Waals surface area contributed by atoms with E-state index in [4.69, 9.17) is 28.0 Å². The van der Waals surface area contributed by atoms with Crippen molar-refractivity contribution in [2.45, 2.75) is 63.1 Å². The molecule has 0 bridgehead atoms. The smallest absolute Gasteiger partial charge is 0.326 e. The number of nitrogens with one attached hydrogen (secondary N) is 3. The van der Waals surface area contributed by atoms with Gasteiger partial charge in [0.1, 0.15) is 12.1 Å². The van der Waals surface area contributed by atoms with Gasteiger partial charge in [0, 0.05) is 13.0 Å². The van der Waals surface area contributed by atoms with Gasteiger partial charge in [0.2, 0.25) is 17.7 Å². The van der Waals surface area contributed by atoms with E-state index in [0.29, 0.717) is 25.8 Å². The molecule has 0 radical (unpaired) electrons. The molecule has 15 nitrogen and oxygen atoms in total. The molecule has 0 rings (SSSR count). The Morgan fingerprint density at radius 1 is 0.853 bits per heavy atom. The standard InChI is InChI=1S/C19H36N8O7/c20-8-2-1-4-13(18(33)34)26-14(28)10-25-17(32)12(5-3-9-24-19(22)23)27-16(31)11(21)6-7-15(29)30/h11-13H,1-10,20-21H2,(H,25,32)(H,26,28)(H,27,31)(H,29,30)(H,33,34)(H4,22,23,24). The summed E-state index contributed by atoms with van der Waals surface area (Å²) >= 11 is 0. The van der Waals surface area contributed by atoms with Gasteiger partial charge in [-0.1, -0.05) is 0 Å². The fraction of sp³-hybridized carbons (Fsp3) is 0.684. The van der Waals surface area contributed by atoms with Crippen molar-refractivity contribution < 1.29 is 34.2 Å². The second-order valence-electron chi connectivity index (χ2n) is 7.51. The number of nitrogens with two attached hydrogens (primary N) is 4. The van der Waals surface area contributed by atoms with Gasteiger partial charge in [0.25, 0.3) is 0 Å². The molecule has 0 spiro atoms. The Balaban J connectivity index is 4.95. The lowest BCUT2D eigenvalue weighted by atomic mass is 10.1. The van der Waals surface area contributed by atoms with E-state index < -0.39 is 54.3 Å². The molecule has 3 amide bonds. The molecular weight excluding hydrogens is 452 g/mol. The minimum absolute atomic E-state index is 0.0957. The number of nitrogens with zero attached hydrogens (tertiary/aromatic N) is 1. The number of unbranched alkanes of at least 4 members (excludes halogenated alkanes) is 1. The summed E-state index contributed by atoms with van der Waals surface area (Å²) in [5.41, 5.74) is 21.6. The SMILES string of the molecule is NCCCCC(NC(=O)CNC(=O)C(CCCN=C(N)N)NC(=O)C(N)CCC(=O)O)C(=O)O. The fourth-order valence-corrected chi connectivity index (χ4v) is 2.75. The van der Waals surface area contributed by atoms with Crippen LogP contribution in [0, 0.1) is 0 Å². The normalized spacial score (nSPS) is 13.1. The minimum Gasteiger partial charge on any atom is -0.481 e. The van der Waals surface area contributed by atoms with Crippen molar-refractivity contribution in [3.63, 3.8) is 0 Å². The second kappa shape index (κ2) is 17.1. The molecule has 0 saturated heterocycles. The molecule has 0 aliphatic carbocycles. The Labute approximate surface area is 197 Å². The number of aliphatic carboxylic acids is 2. The van der Waals surface area contributed by atoms with Crippen LogP contribution < -0.4 is 38.9 Å². The van der Waals surface area contributed by atoms with Crippen LogP contribution in [0.4, 0.5) is 0 Å². The number of carbonyl (C=O) groups is 5. The summed E-state index contributed by atoms with van der Waals surface area (Å²) < 4.78 is 0. The quantitative estimate of drug-likeness (QED) is 0.0519. The van der Waals surface area contributed by atoms with Gasteiger partial charge in [-0.3, -0.25) is 24.2 Å². The maximum absolute atomic E-state index is 12.6. The van der Waals surface area contributed by atoms with E-state index in [1.54, 1.807) is 0 Å². The molecule has 0 heterocycles. The highest BCUT2D eigenvalue weighted by Crippen LogP contribution is 2.03. The topological polar surface area (TPSA) is 278 Å². The van der Waals surface area contributed by atoms with Gasteiger partial charge in [0.15, 0.2) is 5.96 Å². The van der Waals surface area contributed by atoms with Gasteiger partial charge >= 0.3 is 11.9 Å². The first-order valence-corrected chi connectivity index (χ1v) is 10.8. The van der Waals surface area contributed by atoms with Crippen LogP contribution in [0.5, 0.6) is 0 Å². The van der Waals surface area contributed by atoms with Crippen molar-refractivity contribution in [2.75, 3.05) is 19.6 Å². The highest BCUT2D eigenvalue weighted by molar-refractivity contribution is 5.92. The molecule has 194 valence electrons. The first-order valence-electron chi connectivity index (χ1n) is 10.8. The molecule has 13 N–H and O–H groups in total. The molecular formula is C19H36N8O7. The van der Waals surface area contributed by atoms with Crippen LogP contribution in [-0.2, 0) is 24.0 Å². The third-order valence-corrected chi connectivity index (χ3v) is 4.59. The van der Waals surface area contributed by atoms with E-state index in [1.165, 1.54) is 0 Å². The van der Waals surface area contributed by atoms with Crippen molar-refractivity contribution >= 4 is 35.6 Å². The maximum atomic E-state index is 12.6. The zero-order valence-corrected chi connectivity index (χ0v) is 19.0. The molecule has 0 fully saturated rings. The lowest BCUT2D eigenvalue weighted by Gasteiger charge is -2.21. The number of guanidine groups is 1. The molecule has 34 heavy (non-hydrogen) atoms. The van der Waals surface area contributed by atoms with Gasteiger partial charge in [-0.25, -0.2) is 4.79 Å². The average molecular weight is 489 g/mol. The van der Waals surface area contributed by atoms with E-state index in [-0.39, 0.29) is 38.2 Å². The summed E-state index contributed by atoms with van der Waals surface area (Å²) in [4.78, 5) is 62.7. The lowest BCUT2D eigenvalue weighted by molar-refractivity contribution is -0.142. The van der Waals surface area contributed by atoms with Gasteiger partial charge in [-0.2, -0.15) is 0 Å². The predicted molar refractivity (Wildman–Crippen MR) is 122 cm³/mol. The predicted octanol–water partition coefficient (Wildman–Crippen LogP) is -3.47. The average Bonchev–Trinajstić information content (AvgIpc) is 2.76. The summed E-state index contributed by atoms with van der Waals surface area (Å²) in [6.07, 6.45) is 1.23. The number of hydrogen-bond acceptors (Lipinski definition) is 8. The molecule has 0 aliphatic rings.